The van der Waals surface area contributed by atoms with Gasteiger partial charge in [-0.2, -0.15) is 13.8 Å². The van der Waals surface area contributed by atoms with E-state index in [4.69, 9.17) is 5.73 Å². The van der Waals surface area contributed by atoms with Crippen LogP contribution in [0.15, 0.2) is 6.33 Å². The smallest absolute Gasteiger partial charge is 0.253 e. The quantitative estimate of drug-likeness (QED) is 0.776. The highest BCUT2D eigenvalue weighted by Gasteiger charge is 2.23. The molecule has 90 valence electrons. The van der Waals surface area contributed by atoms with E-state index in [2.05, 4.69) is 9.97 Å². The van der Waals surface area contributed by atoms with Crippen LogP contribution in [0.25, 0.3) is 11.0 Å². The van der Waals surface area contributed by atoms with Crippen molar-refractivity contribution >= 4 is 16.9 Å². The molecule has 0 spiro atoms. The Morgan fingerprint density at radius 1 is 1.29 bits per heavy atom. The molecule has 1 fully saturated rings. The lowest BCUT2D eigenvalue weighted by atomic mass is 10.2. The second-order valence-electron chi connectivity index (χ2n) is 4.39. The zero-order valence-electron chi connectivity index (χ0n) is 9.16. The molecule has 0 atom stereocenters. The van der Waals surface area contributed by atoms with E-state index in [1.165, 1.54) is 6.33 Å². The van der Waals surface area contributed by atoms with E-state index in [0.717, 1.165) is 25.7 Å². The maximum absolute atomic E-state index is 13.8. The van der Waals surface area contributed by atoms with E-state index in [9.17, 15) is 8.78 Å². The molecule has 2 aromatic heterocycles. The van der Waals surface area contributed by atoms with Crippen molar-refractivity contribution in [2.24, 2.45) is 0 Å². The Labute approximate surface area is 96.5 Å². The fourth-order valence-electron chi connectivity index (χ4n) is 2.53. The summed E-state index contributed by atoms with van der Waals surface area (Å²) in [5, 5.41) is 0. The Morgan fingerprint density at radius 2 is 2.00 bits per heavy atom. The average Bonchev–Trinajstić information content (AvgIpc) is 2.94. The second-order valence-corrected chi connectivity index (χ2v) is 4.39. The van der Waals surface area contributed by atoms with E-state index < -0.39 is 11.8 Å². The molecule has 6 heteroatoms. The third-order valence-corrected chi connectivity index (χ3v) is 3.36. The third kappa shape index (κ3) is 1.47. The molecule has 1 aliphatic rings. The number of halogens is 2. The summed E-state index contributed by atoms with van der Waals surface area (Å²) >= 11 is 0. The molecule has 0 radical (unpaired) electrons. The first-order valence-electron chi connectivity index (χ1n) is 5.65. The molecule has 0 bridgehead atoms. The number of nitrogens with two attached hydrogens (primary N) is 1. The monoisotopic (exact) mass is 238 g/mol. The SMILES string of the molecule is Nc1nc(F)c(F)c2c1ncn2C1CCCC1. The van der Waals surface area contributed by atoms with Gasteiger partial charge < -0.3 is 10.3 Å². The zero-order chi connectivity index (χ0) is 12.0. The summed E-state index contributed by atoms with van der Waals surface area (Å²) in [7, 11) is 0. The van der Waals surface area contributed by atoms with Gasteiger partial charge >= 0.3 is 0 Å². The minimum atomic E-state index is -1.16. The minimum absolute atomic E-state index is 0.0596. The highest BCUT2D eigenvalue weighted by Crippen LogP contribution is 2.33. The molecule has 0 unspecified atom stereocenters. The van der Waals surface area contributed by atoms with Gasteiger partial charge in [-0.15, -0.1) is 0 Å². The van der Waals surface area contributed by atoms with Gasteiger partial charge in [0.15, 0.2) is 5.82 Å². The molecule has 17 heavy (non-hydrogen) atoms. The minimum Gasteiger partial charge on any atom is -0.382 e. The molecule has 0 aliphatic heterocycles. The number of nitrogens with zero attached hydrogens (tertiary/aromatic N) is 3. The number of hydrogen-bond acceptors (Lipinski definition) is 3. The van der Waals surface area contributed by atoms with Crippen LogP contribution in [0.3, 0.4) is 0 Å². The van der Waals surface area contributed by atoms with Crippen molar-refractivity contribution in [3.63, 3.8) is 0 Å². The van der Waals surface area contributed by atoms with Crippen molar-refractivity contribution in [2.45, 2.75) is 31.7 Å². The molecule has 4 nitrogen and oxygen atoms in total. The normalized spacial score (nSPS) is 17.1. The van der Waals surface area contributed by atoms with Crippen LogP contribution in [0.5, 0.6) is 0 Å². The molecule has 2 N–H and O–H groups in total. The van der Waals surface area contributed by atoms with Crippen molar-refractivity contribution in [3.05, 3.63) is 18.1 Å². The Bertz CT molecular complexity index is 572. The van der Waals surface area contributed by atoms with Gasteiger partial charge in [0, 0.05) is 6.04 Å². The van der Waals surface area contributed by atoms with Crippen LogP contribution >= 0.6 is 0 Å². The molecule has 0 saturated heterocycles. The van der Waals surface area contributed by atoms with E-state index >= 15 is 0 Å². The third-order valence-electron chi connectivity index (χ3n) is 3.36. The Kier molecular flexibility index (Phi) is 2.24. The molecule has 1 aliphatic carbocycles. The van der Waals surface area contributed by atoms with Crippen molar-refractivity contribution < 1.29 is 8.78 Å². The number of anilines is 1. The lowest BCUT2D eigenvalue weighted by molar-refractivity contribution is 0.474. The van der Waals surface area contributed by atoms with Gasteiger partial charge in [-0.1, -0.05) is 12.8 Å². The number of aromatic nitrogens is 3. The highest BCUT2D eigenvalue weighted by molar-refractivity contribution is 5.85. The van der Waals surface area contributed by atoms with E-state index in [1.807, 2.05) is 0 Å². The first kappa shape index (κ1) is 10.4. The molecule has 3 rings (SSSR count). The van der Waals surface area contributed by atoms with E-state index in [-0.39, 0.29) is 22.9 Å². The highest BCUT2D eigenvalue weighted by atomic mass is 19.2. The number of pyridine rings is 1. The van der Waals surface area contributed by atoms with Crippen molar-refractivity contribution in [1.29, 1.82) is 0 Å². The van der Waals surface area contributed by atoms with Gasteiger partial charge in [-0.3, -0.25) is 0 Å². The molecular formula is C11H12F2N4. The van der Waals surface area contributed by atoms with Crippen LogP contribution in [0.2, 0.25) is 0 Å². The van der Waals surface area contributed by atoms with Crippen molar-refractivity contribution in [1.82, 2.24) is 14.5 Å². The van der Waals surface area contributed by atoms with Crippen LogP contribution in [0, 0.1) is 11.8 Å². The van der Waals surface area contributed by atoms with Gasteiger partial charge in [0.25, 0.3) is 5.95 Å². The first-order valence-corrected chi connectivity index (χ1v) is 5.65. The van der Waals surface area contributed by atoms with Gasteiger partial charge in [0.2, 0.25) is 5.82 Å². The summed E-state index contributed by atoms with van der Waals surface area (Å²) in [4.78, 5) is 7.34. The Balaban J connectivity index is 2.26. The fourth-order valence-corrected chi connectivity index (χ4v) is 2.53. The lowest BCUT2D eigenvalue weighted by Crippen LogP contribution is -2.06. The van der Waals surface area contributed by atoms with Crippen molar-refractivity contribution in [2.75, 3.05) is 5.73 Å². The van der Waals surface area contributed by atoms with Crippen LogP contribution in [-0.2, 0) is 0 Å². The maximum atomic E-state index is 13.8. The largest absolute Gasteiger partial charge is 0.382 e. The predicted molar refractivity (Wildman–Crippen MR) is 59.4 cm³/mol. The first-order chi connectivity index (χ1) is 8.18. The lowest BCUT2D eigenvalue weighted by Gasteiger charge is -2.12. The number of hydrogen-bond donors (Lipinski definition) is 1. The summed E-state index contributed by atoms with van der Waals surface area (Å²) < 4.78 is 28.7. The molecule has 0 aromatic carbocycles. The molecule has 0 amide bonds. The summed E-state index contributed by atoms with van der Waals surface area (Å²) in [6.07, 6.45) is 5.68. The molecular weight excluding hydrogens is 226 g/mol. The number of fused-ring (bicyclic) bond motifs is 1. The average molecular weight is 238 g/mol. The summed E-state index contributed by atoms with van der Waals surface area (Å²) in [6, 6.07) is 0.190. The summed E-state index contributed by atoms with van der Waals surface area (Å²) in [5.74, 6) is -2.18. The number of nitrogen functional groups attached to an aromatic ring is 1. The summed E-state index contributed by atoms with van der Waals surface area (Å²) in [6.45, 7) is 0. The molecule has 2 aromatic rings. The topological polar surface area (TPSA) is 56.7 Å². The van der Waals surface area contributed by atoms with Gasteiger partial charge in [0.05, 0.1) is 6.33 Å². The van der Waals surface area contributed by atoms with Crippen LogP contribution in [0.4, 0.5) is 14.6 Å². The van der Waals surface area contributed by atoms with Gasteiger partial charge in [0.1, 0.15) is 11.0 Å². The second kappa shape index (κ2) is 3.65. The summed E-state index contributed by atoms with van der Waals surface area (Å²) in [5.41, 5.74) is 5.93. The van der Waals surface area contributed by atoms with Crippen LogP contribution in [-0.4, -0.2) is 14.5 Å². The van der Waals surface area contributed by atoms with Crippen LogP contribution in [0.1, 0.15) is 31.7 Å². The molecule has 2 heterocycles. The predicted octanol–water partition coefficient (Wildman–Crippen LogP) is 2.41. The Hall–Kier alpha value is -1.72. The number of imidazole rings is 1. The van der Waals surface area contributed by atoms with Gasteiger partial charge in [-0.05, 0) is 12.8 Å². The van der Waals surface area contributed by atoms with Gasteiger partial charge in [-0.25, -0.2) is 4.98 Å². The van der Waals surface area contributed by atoms with E-state index in [0.29, 0.717) is 0 Å². The fraction of sp³-hybridized carbons (Fsp3) is 0.455. The maximum Gasteiger partial charge on any atom is 0.253 e. The van der Waals surface area contributed by atoms with Crippen LogP contribution < -0.4 is 5.73 Å². The number of rotatable bonds is 1. The standard InChI is InChI=1S/C11H12F2N4/c12-7-9-8(11(14)16-10(7)13)15-5-17(9)6-3-1-2-4-6/h5-6H,1-4H2,(H2,14,16). The molecule has 1 saturated carbocycles. The zero-order valence-corrected chi connectivity index (χ0v) is 9.16. The Morgan fingerprint density at radius 3 is 2.71 bits per heavy atom. The van der Waals surface area contributed by atoms with Crippen molar-refractivity contribution in [3.8, 4) is 0 Å². The van der Waals surface area contributed by atoms with E-state index in [1.54, 1.807) is 4.57 Å².